The summed E-state index contributed by atoms with van der Waals surface area (Å²) in [5, 5.41) is 24.6. The zero-order valence-electron chi connectivity index (χ0n) is 11.1. The number of urea groups is 1. The van der Waals surface area contributed by atoms with Crippen molar-refractivity contribution in [1.29, 1.82) is 0 Å². The van der Waals surface area contributed by atoms with Crippen LogP contribution in [0, 0.1) is 0 Å². The number of carboxylic acid groups (broad SMARTS) is 1. The number of aliphatic hydroxyl groups is 1. The molecule has 0 aliphatic carbocycles. The van der Waals surface area contributed by atoms with Crippen LogP contribution in [-0.4, -0.2) is 53.4 Å². The minimum atomic E-state index is -1.22. The fourth-order valence-electron chi connectivity index (χ4n) is 1.28. The molecule has 19 heavy (non-hydrogen) atoms. The van der Waals surface area contributed by atoms with Crippen LogP contribution < -0.4 is 16.0 Å². The molecule has 0 aliphatic rings. The summed E-state index contributed by atoms with van der Waals surface area (Å²) in [4.78, 5) is 33.3. The Morgan fingerprint density at radius 3 is 2.26 bits per heavy atom. The highest BCUT2D eigenvalue weighted by Crippen LogP contribution is 1.91. The van der Waals surface area contributed by atoms with Crippen molar-refractivity contribution in [2.75, 3.05) is 13.2 Å². The van der Waals surface area contributed by atoms with E-state index in [2.05, 4.69) is 16.0 Å². The lowest BCUT2D eigenvalue weighted by Crippen LogP contribution is -2.47. The lowest BCUT2D eigenvalue weighted by molar-refractivity contribution is -0.139. The Morgan fingerprint density at radius 2 is 1.79 bits per heavy atom. The number of carbonyl (C=O) groups excluding carboxylic acids is 2. The highest BCUT2D eigenvalue weighted by molar-refractivity contribution is 5.83. The average molecular weight is 275 g/mol. The number of rotatable bonds is 8. The molecule has 5 N–H and O–H groups in total. The van der Waals surface area contributed by atoms with Crippen molar-refractivity contribution < 1.29 is 24.6 Å². The van der Waals surface area contributed by atoms with Gasteiger partial charge < -0.3 is 26.2 Å². The molecular formula is C11H21N3O5. The van der Waals surface area contributed by atoms with Crippen LogP contribution in [0.1, 0.15) is 26.7 Å². The van der Waals surface area contributed by atoms with Gasteiger partial charge in [-0.15, -0.1) is 0 Å². The van der Waals surface area contributed by atoms with Gasteiger partial charge in [-0.25, -0.2) is 9.59 Å². The molecule has 1 unspecified atom stereocenters. The highest BCUT2D eigenvalue weighted by atomic mass is 16.4. The Hall–Kier alpha value is -1.83. The van der Waals surface area contributed by atoms with Gasteiger partial charge in [-0.2, -0.15) is 0 Å². The lowest BCUT2D eigenvalue weighted by Gasteiger charge is -2.14. The van der Waals surface area contributed by atoms with Crippen LogP contribution in [-0.2, 0) is 9.59 Å². The fourth-order valence-corrected chi connectivity index (χ4v) is 1.28. The number of carboxylic acids is 1. The normalized spacial score (nSPS) is 11.8. The third-order valence-corrected chi connectivity index (χ3v) is 2.11. The number of amides is 3. The van der Waals surface area contributed by atoms with E-state index in [-0.39, 0.29) is 37.9 Å². The summed E-state index contributed by atoms with van der Waals surface area (Å²) in [5.74, 6) is -1.41. The third kappa shape index (κ3) is 8.83. The fraction of sp³-hybridized carbons (Fsp3) is 0.727. The Labute approximate surface area is 111 Å². The quantitative estimate of drug-likeness (QED) is 0.389. The minimum absolute atomic E-state index is 0.0299. The topological polar surface area (TPSA) is 128 Å². The molecule has 0 aromatic heterocycles. The smallest absolute Gasteiger partial charge is 0.326 e. The maximum atomic E-state index is 11.3. The third-order valence-electron chi connectivity index (χ3n) is 2.11. The van der Waals surface area contributed by atoms with E-state index in [1.54, 1.807) is 0 Å². The minimum Gasteiger partial charge on any atom is -0.480 e. The maximum Gasteiger partial charge on any atom is 0.326 e. The predicted octanol–water partition coefficient (Wildman–Crippen LogP) is -0.964. The summed E-state index contributed by atoms with van der Waals surface area (Å²) in [6.45, 7) is 3.42. The Balaban J connectivity index is 3.91. The zero-order chi connectivity index (χ0) is 14.8. The number of hydrogen-bond acceptors (Lipinski definition) is 4. The molecule has 0 heterocycles. The molecule has 8 nitrogen and oxygen atoms in total. The molecule has 0 saturated heterocycles. The second kappa shape index (κ2) is 9.15. The van der Waals surface area contributed by atoms with Gasteiger partial charge in [-0.05, 0) is 13.8 Å². The number of hydrogen-bond donors (Lipinski definition) is 5. The number of nitrogens with one attached hydrogen (secondary N) is 3. The monoisotopic (exact) mass is 275 g/mol. The molecule has 0 fully saturated rings. The summed E-state index contributed by atoms with van der Waals surface area (Å²) in [6.07, 6.45) is 0.0416. The van der Waals surface area contributed by atoms with Gasteiger partial charge in [0.05, 0.1) is 0 Å². The van der Waals surface area contributed by atoms with Crippen molar-refractivity contribution in [1.82, 2.24) is 16.0 Å². The van der Waals surface area contributed by atoms with E-state index in [0.717, 1.165) is 0 Å². The maximum absolute atomic E-state index is 11.3. The second-order valence-electron chi connectivity index (χ2n) is 4.28. The molecule has 110 valence electrons. The van der Waals surface area contributed by atoms with Crippen LogP contribution in [0.5, 0.6) is 0 Å². The predicted molar refractivity (Wildman–Crippen MR) is 67.6 cm³/mol. The molecule has 0 aromatic rings. The van der Waals surface area contributed by atoms with E-state index >= 15 is 0 Å². The van der Waals surface area contributed by atoms with E-state index in [4.69, 9.17) is 10.2 Å². The molecule has 0 aromatic carbocycles. The lowest BCUT2D eigenvalue weighted by atomic mass is 10.2. The summed E-state index contributed by atoms with van der Waals surface area (Å²) in [6, 6.07) is -1.80. The molecule has 0 aliphatic heterocycles. The van der Waals surface area contributed by atoms with Crippen molar-refractivity contribution in [3.8, 4) is 0 Å². The van der Waals surface area contributed by atoms with Crippen molar-refractivity contribution in [3.05, 3.63) is 0 Å². The van der Waals surface area contributed by atoms with Gasteiger partial charge in [-0.3, -0.25) is 4.79 Å². The molecule has 3 amide bonds. The van der Waals surface area contributed by atoms with Crippen molar-refractivity contribution in [3.63, 3.8) is 0 Å². The van der Waals surface area contributed by atoms with Crippen molar-refractivity contribution >= 4 is 17.9 Å². The van der Waals surface area contributed by atoms with Crippen LogP contribution in [0.15, 0.2) is 0 Å². The number of carbonyl (C=O) groups is 3. The molecule has 0 radical (unpaired) electrons. The molecule has 0 saturated carbocycles. The first-order valence-electron chi connectivity index (χ1n) is 6.04. The van der Waals surface area contributed by atoms with Gasteiger partial charge in [0.1, 0.15) is 6.04 Å². The summed E-state index contributed by atoms with van der Waals surface area (Å²) in [5.41, 5.74) is 0. The first-order chi connectivity index (χ1) is 8.86. The zero-order valence-corrected chi connectivity index (χ0v) is 11.1. The summed E-state index contributed by atoms with van der Waals surface area (Å²) >= 11 is 0. The van der Waals surface area contributed by atoms with Gasteiger partial charge in [-0.1, -0.05) is 0 Å². The van der Waals surface area contributed by atoms with Gasteiger partial charge in [0.2, 0.25) is 5.91 Å². The molecule has 8 heteroatoms. The van der Waals surface area contributed by atoms with E-state index in [1.165, 1.54) is 0 Å². The molecule has 0 bridgehead atoms. The van der Waals surface area contributed by atoms with Crippen molar-refractivity contribution in [2.45, 2.75) is 38.8 Å². The van der Waals surface area contributed by atoms with Crippen molar-refractivity contribution in [2.24, 2.45) is 0 Å². The van der Waals surface area contributed by atoms with Crippen LogP contribution in [0.4, 0.5) is 4.79 Å². The van der Waals surface area contributed by atoms with Crippen LogP contribution in [0.2, 0.25) is 0 Å². The molecule has 1 atom stereocenters. The van der Waals surface area contributed by atoms with Crippen LogP contribution in [0.25, 0.3) is 0 Å². The largest absolute Gasteiger partial charge is 0.480 e. The highest BCUT2D eigenvalue weighted by Gasteiger charge is 2.18. The van der Waals surface area contributed by atoms with E-state index < -0.39 is 18.0 Å². The Kier molecular flexibility index (Phi) is 8.27. The van der Waals surface area contributed by atoms with Gasteiger partial charge in [0.15, 0.2) is 0 Å². The summed E-state index contributed by atoms with van der Waals surface area (Å²) < 4.78 is 0. The van der Waals surface area contributed by atoms with E-state index in [0.29, 0.717) is 0 Å². The second-order valence-corrected chi connectivity index (χ2v) is 4.28. The van der Waals surface area contributed by atoms with Crippen LogP contribution in [0.3, 0.4) is 0 Å². The standard InChI is InChI=1S/C11H21N3O5/c1-7(2)13-9(16)3-5-12-11(19)14-8(4-6-15)10(17)18/h7-8,15H,3-6H2,1-2H3,(H,13,16)(H,17,18)(H2,12,14,19). The number of aliphatic hydroxyl groups excluding tert-OH is 1. The first-order valence-corrected chi connectivity index (χ1v) is 6.04. The Morgan fingerprint density at radius 1 is 1.16 bits per heavy atom. The SMILES string of the molecule is CC(C)NC(=O)CCNC(=O)NC(CCO)C(=O)O. The first kappa shape index (κ1) is 17.2. The molecular weight excluding hydrogens is 254 g/mol. The Bertz CT molecular complexity index is 319. The van der Waals surface area contributed by atoms with Gasteiger partial charge in [0, 0.05) is 32.0 Å². The number of aliphatic carboxylic acids is 1. The van der Waals surface area contributed by atoms with E-state index in [9.17, 15) is 14.4 Å². The van der Waals surface area contributed by atoms with E-state index in [1.807, 2.05) is 13.8 Å². The van der Waals surface area contributed by atoms with Gasteiger partial charge >= 0.3 is 12.0 Å². The molecule has 0 spiro atoms. The van der Waals surface area contributed by atoms with Gasteiger partial charge in [0.25, 0.3) is 0 Å². The average Bonchev–Trinajstić information content (AvgIpc) is 2.27. The van der Waals surface area contributed by atoms with Crippen LogP contribution >= 0.6 is 0 Å². The molecule has 0 rings (SSSR count). The summed E-state index contributed by atoms with van der Waals surface area (Å²) in [7, 11) is 0.